The predicted octanol–water partition coefficient (Wildman–Crippen LogP) is 1.20. The molecule has 0 bridgehead atoms. The number of nitrogens with one attached hydrogen (secondary N) is 1. The largest absolute Gasteiger partial charge is 0.496 e. The molecule has 19 heavy (non-hydrogen) atoms. The first kappa shape index (κ1) is 14.3. The molecule has 0 unspecified atom stereocenters. The van der Waals surface area contributed by atoms with Gasteiger partial charge < -0.3 is 10.1 Å². The van der Waals surface area contributed by atoms with Crippen LogP contribution in [0.1, 0.15) is 18.4 Å². The summed E-state index contributed by atoms with van der Waals surface area (Å²) in [5.74, 6) is 0.703. The van der Waals surface area contributed by atoms with Gasteiger partial charge in [0.1, 0.15) is 5.75 Å². The van der Waals surface area contributed by atoms with Crippen molar-refractivity contribution in [2.45, 2.75) is 24.3 Å². The minimum atomic E-state index is -3.35. The van der Waals surface area contributed by atoms with Gasteiger partial charge in [0, 0.05) is 25.2 Å². The molecule has 0 saturated carbocycles. The quantitative estimate of drug-likeness (QED) is 0.882. The van der Waals surface area contributed by atoms with Crippen LogP contribution >= 0.6 is 0 Å². The first-order chi connectivity index (χ1) is 9.09. The summed E-state index contributed by atoms with van der Waals surface area (Å²) in [5, 5.41) is 3.02. The Morgan fingerprint density at radius 2 is 2.00 bits per heavy atom. The number of methoxy groups -OCH3 is 1. The number of nitrogens with zero attached hydrogens (tertiary/aromatic N) is 1. The Labute approximate surface area is 114 Å². The van der Waals surface area contributed by atoms with Crippen LogP contribution in [0.5, 0.6) is 5.75 Å². The van der Waals surface area contributed by atoms with E-state index in [2.05, 4.69) is 5.32 Å². The lowest BCUT2D eigenvalue weighted by Crippen LogP contribution is -2.28. The Morgan fingerprint density at radius 3 is 2.58 bits per heavy atom. The van der Waals surface area contributed by atoms with Crippen molar-refractivity contribution in [1.29, 1.82) is 0 Å². The van der Waals surface area contributed by atoms with Crippen molar-refractivity contribution < 1.29 is 13.2 Å². The molecule has 1 aliphatic heterocycles. The fraction of sp³-hybridized carbons (Fsp3) is 0.538. The molecule has 0 aromatic heterocycles. The second-order valence-corrected chi connectivity index (χ2v) is 6.55. The summed E-state index contributed by atoms with van der Waals surface area (Å²) in [7, 11) is 0.0525. The maximum Gasteiger partial charge on any atom is 0.243 e. The number of hydrogen-bond acceptors (Lipinski definition) is 4. The van der Waals surface area contributed by atoms with Crippen molar-refractivity contribution in [1.82, 2.24) is 9.62 Å². The maximum absolute atomic E-state index is 12.5. The summed E-state index contributed by atoms with van der Waals surface area (Å²) >= 11 is 0. The van der Waals surface area contributed by atoms with E-state index in [0.29, 0.717) is 30.3 Å². The van der Waals surface area contributed by atoms with Gasteiger partial charge in [0.15, 0.2) is 0 Å². The molecule has 6 heteroatoms. The summed E-state index contributed by atoms with van der Waals surface area (Å²) in [5.41, 5.74) is 0.852. The molecule has 1 heterocycles. The average molecular weight is 284 g/mol. The number of ether oxygens (including phenoxy) is 1. The Kier molecular flexibility index (Phi) is 4.44. The first-order valence-corrected chi connectivity index (χ1v) is 7.85. The molecule has 0 spiro atoms. The molecule has 1 N–H and O–H groups in total. The van der Waals surface area contributed by atoms with Crippen molar-refractivity contribution in [3.8, 4) is 5.75 Å². The third-order valence-corrected chi connectivity index (χ3v) is 5.22. The summed E-state index contributed by atoms with van der Waals surface area (Å²) in [6.07, 6.45) is 1.89. The van der Waals surface area contributed by atoms with E-state index in [4.69, 9.17) is 4.74 Å². The normalized spacial score (nSPS) is 16.7. The molecule has 1 aliphatic rings. The van der Waals surface area contributed by atoms with Crippen LogP contribution in [0.25, 0.3) is 0 Å². The van der Waals surface area contributed by atoms with Gasteiger partial charge in [-0.1, -0.05) is 0 Å². The van der Waals surface area contributed by atoms with Crippen molar-refractivity contribution in [2.24, 2.45) is 0 Å². The van der Waals surface area contributed by atoms with Gasteiger partial charge in [-0.2, -0.15) is 4.31 Å². The fourth-order valence-corrected chi connectivity index (χ4v) is 3.89. The minimum absolute atomic E-state index is 0.348. The highest BCUT2D eigenvalue weighted by Gasteiger charge is 2.27. The Hall–Kier alpha value is -1.11. The molecule has 1 aromatic carbocycles. The van der Waals surface area contributed by atoms with Crippen LogP contribution in [0.3, 0.4) is 0 Å². The van der Waals surface area contributed by atoms with Gasteiger partial charge in [-0.05, 0) is 38.1 Å². The Balaban J connectivity index is 2.36. The molecular weight excluding hydrogens is 264 g/mol. The van der Waals surface area contributed by atoms with Crippen molar-refractivity contribution in [3.63, 3.8) is 0 Å². The molecule has 106 valence electrons. The van der Waals surface area contributed by atoms with Crippen LogP contribution in [0.15, 0.2) is 23.1 Å². The smallest absolute Gasteiger partial charge is 0.243 e. The molecule has 0 aliphatic carbocycles. The molecule has 1 saturated heterocycles. The molecule has 0 atom stereocenters. The highest BCUT2D eigenvalue weighted by atomic mass is 32.2. The van der Waals surface area contributed by atoms with Gasteiger partial charge in [0.25, 0.3) is 0 Å². The third-order valence-electron chi connectivity index (χ3n) is 3.32. The summed E-state index contributed by atoms with van der Waals surface area (Å²) in [6.45, 7) is 1.82. The topological polar surface area (TPSA) is 58.6 Å². The lowest BCUT2D eigenvalue weighted by Gasteiger charge is -2.17. The average Bonchev–Trinajstić information content (AvgIpc) is 2.93. The van der Waals surface area contributed by atoms with Gasteiger partial charge in [-0.3, -0.25) is 0 Å². The van der Waals surface area contributed by atoms with Gasteiger partial charge in [0.05, 0.1) is 12.0 Å². The van der Waals surface area contributed by atoms with Crippen molar-refractivity contribution in [2.75, 3.05) is 27.2 Å². The SMILES string of the molecule is CNCc1cc(S(=O)(=O)N2CCCC2)ccc1OC. The fourth-order valence-electron chi connectivity index (χ4n) is 2.32. The van der Waals surface area contributed by atoms with Crippen molar-refractivity contribution in [3.05, 3.63) is 23.8 Å². The first-order valence-electron chi connectivity index (χ1n) is 6.41. The predicted molar refractivity (Wildman–Crippen MR) is 73.8 cm³/mol. The number of sulfonamides is 1. The van der Waals surface area contributed by atoms with E-state index in [9.17, 15) is 8.42 Å². The van der Waals surface area contributed by atoms with E-state index in [1.54, 1.807) is 29.6 Å². The van der Waals surface area contributed by atoms with Gasteiger partial charge in [0.2, 0.25) is 10.0 Å². The summed E-state index contributed by atoms with van der Waals surface area (Å²) in [6, 6.07) is 5.03. The summed E-state index contributed by atoms with van der Waals surface area (Å²) < 4.78 is 31.7. The minimum Gasteiger partial charge on any atom is -0.496 e. The molecule has 5 nitrogen and oxygen atoms in total. The lowest BCUT2D eigenvalue weighted by molar-refractivity contribution is 0.408. The van der Waals surface area contributed by atoms with Crippen LogP contribution in [0.2, 0.25) is 0 Å². The van der Waals surface area contributed by atoms with E-state index >= 15 is 0 Å². The molecule has 0 radical (unpaired) electrons. The summed E-state index contributed by atoms with van der Waals surface area (Å²) in [4.78, 5) is 0.348. The highest BCUT2D eigenvalue weighted by Crippen LogP contribution is 2.26. The number of benzene rings is 1. The van der Waals surface area contributed by atoms with Crippen LogP contribution in [0.4, 0.5) is 0 Å². The molecule has 1 aromatic rings. The van der Waals surface area contributed by atoms with E-state index in [-0.39, 0.29) is 0 Å². The number of rotatable bonds is 5. The van der Waals surface area contributed by atoms with Crippen LogP contribution in [0, 0.1) is 0 Å². The zero-order valence-electron chi connectivity index (χ0n) is 11.3. The molecule has 0 amide bonds. The second kappa shape index (κ2) is 5.90. The monoisotopic (exact) mass is 284 g/mol. The van der Waals surface area contributed by atoms with E-state index in [1.807, 2.05) is 7.05 Å². The van der Waals surface area contributed by atoms with E-state index < -0.39 is 10.0 Å². The van der Waals surface area contributed by atoms with E-state index in [0.717, 1.165) is 18.4 Å². The lowest BCUT2D eigenvalue weighted by atomic mass is 10.2. The standard InChI is InChI=1S/C13H20N2O3S/c1-14-10-11-9-12(5-6-13(11)18-2)19(16,17)15-7-3-4-8-15/h5-6,9,14H,3-4,7-8,10H2,1-2H3. The Bertz CT molecular complexity index is 537. The van der Waals surface area contributed by atoms with Gasteiger partial charge in [-0.15, -0.1) is 0 Å². The van der Waals surface area contributed by atoms with Crippen LogP contribution in [-0.4, -0.2) is 40.0 Å². The zero-order valence-corrected chi connectivity index (χ0v) is 12.2. The number of hydrogen-bond donors (Lipinski definition) is 1. The molecule has 1 fully saturated rings. The van der Waals surface area contributed by atoms with Gasteiger partial charge in [-0.25, -0.2) is 8.42 Å². The Morgan fingerprint density at radius 1 is 1.32 bits per heavy atom. The van der Waals surface area contributed by atoms with Crippen molar-refractivity contribution >= 4 is 10.0 Å². The second-order valence-electron chi connectivity index (χ2n) is 4.62. The third kappa shape index (κ3) is 2.91. The zero-order chi connectivity index (χ0) is 13.9. The highest BCUT2D eigenvalue weighted by molar-refractivity contribution is 7.89. The van der Waals surface area contributed by atoms with E-state index in [1.165, 1.54) is 0 Å². The maximum atomic E-state index is 12.5. The van der Waals surface area contributed by atoms with Crippen LogP contribution < -0.4 is 10.1 Å². The van der Waals surface area contributed by atoms with Crippen LogP contribution in [-0.2, 0) is 16.6 Å². The molecule has 2 rings (SSSR count). The van der Waals surface area contributed by atoms with Gasteiger partial charge >= 0.3 is 0 Å². The molecular formula is C13H20N2O3S.